The largest absolute Gasteiger partial charge is 0.494 e. The van der Waals surface area contributed by atoms with Crippen molar-refractivity contribution in [2.75, 3.05) is 26.3 Å². The third-order valence-corrected chi connectivity index (χ3v) is 3.95. The second-order valence-corrected chi connectivity index (χ2v) is 6.27. The summed E-state index contributed by atoms with van der Waals surface area (Å²) in [4.78, 5) is 4.59. The maximum Gasteiger partial charge on any atom is 0.191 e. The zero-order valence-electron chi connectivity index (χ0n) is 17.1. The summed E-state index contributed by atoms with van der Waals surface area (Å²) in [7, 11) is 0. The summed E-state index contributed by atoms with van der Waals surface area (Å²) >= 11 is 0. The van der Waals surface area contributed by atoms with Crippen molar-refractivity contribution in [3.8, 4) is 5.75 Å². The molecule has 0 aliphatic carbocycles. The highest BCUT2D eigenvalue weighted by Gasteiger charge is 2.07. The van der Waals surface area contributed by atoms with Crippen molar-refractivity contribution in [1.29, 1.82) is 0 Å². The Labute approximate surface area is 190 Å². The Kier molecular flexibility index (Phi) is 13.1. The number of halogens is 1. The van der Waals surface area contributed by atoms with E-state index in [9.17, 15) is 5.11 Å². The Morgan fingerprint density at radius 1 is 1.03 bits per heavy atom. The molecule has 2 aromatic rings. The van der Waals surface area contributed by atoms with Gasteiger partial charge in [0.1, 0.15) is 5.75 Å². The lowest BCUT2D eigenvalue weighted by molar-refractivity contribution is 0.0308. The molecule has 0 fully saturated rings. The van der Waals surface area contributed by atoms with E-state index in [1.54, 1.807) is 0 Å². The Balaban J connectivity index is 0.00000420. The average Bonchev–Trinajstić information content (AvgIpc) is 2.72. The number of nitrogens with zero attached hydrogens (tertiary/aromatic N) is 1. The molecule has 1 unspecified atom stereocenters. The van der Waals surface area contributed by atoms with Crippen molar-refractivity contribution >= 4 is 29.9 Å². The van der Waals surface area contributed by atoms with E-state index in [-0.39, 0.29) is 30.6 Å². The number of ether oxygens (including phenoxy) is 2. The first-order valence-corrected chi connectivity index (χ1v) is 9.75. The highest BCUT2D eigenvalue weighted by atomic mass is 127. The highest BCUT2D eigenvalue weighted by molar-refractivity contribution is 14.0. The van der Waals surface area contributed by atoms with Gasteiger partial charge < -0.3 is 25.2 Å². The molecule has 0 saturated carbocycles. The van der Waals surface area contributed by atoms with Gasteiger partial charge in [0.05, 0.1) is 32.5 Å². The van der Waals surface area contributed by atoms with E-state index in [1.165, 1.54) is 0 Å². The van der Waals surface area contributed by atoms with Crippen LogP contribution in [0, 0.1) is 0 Å². The second-order valence-electron chi connectivity index (χ2n) is 6.27. The first-order chi connectivity index (χ1) is 13.7. The number of hydrogen-bond donors (Lipinski definition) is 3. The van der Waals surface area contributed by atoms with Crippen molar-refractivity contribution in [1.82, 2.24) is 10.6 Å². The third-order valence-electron chi connectivity index (χ3n) is 3.95. The summed E-state index contributed by atoms with van der Waals surface area (Å²) in [6.07, 6.45) is -0.622. The number of aliphatic hydroxyl groups excluding tert-OH is 1. The Morgan fingerprint density at radius 2 is 1.76 bits per heavy atom. The topological polar surface area (TPSA) is 75.1 Å². The molecule has 0 heterocycles. The molecular formula is C22H32IN3O3. The van der Waals surface area contributed by atoms with Crippen molar-refractivity contribution in [2.45, 2.75) is 33.1 Å². The van der Waals surface area contributed by atoms with Gasteiger partial charge in [0.15, 0.2) is 5.96 Å². The lowest BCUT2D eigenvalue weighted by Gasteiger charge is -2.16. The molecule has 0 bridgehead atoms. The quantitative estimate of drug-likeness (QED) is 0.244. The number of aliphatic hydroxyl groups is 1. The van der Waals surface area contributed by atoms with Crippen molar-refractivity contribution in [3.05, 3.63) is 65.7 Å². The third kappa shape index (κ3) is 9.96. The van der Waals surface area contributed by atoms with Crippen LogP contribution in [0.1, 0.15) is 25.0 Å². The van der Waals surface area contributed by atoms with Crippen LogP contribution < -0.4 is 15.4 Å². The van der Waals surface area contributed by atoms with Gasteiger partial charge in [0.25, 0.3) is 0 Å². The van der Waals surface area contributed by atoms with E-state index in [2.05, 4.69) is 15.6 Å². The molecule has 3 N–H and O–H groups in total. The fourth-order valence-corrected chi connectivity index (χ4v) is 2.60. The van der Waals surface area contributed by atoms with Crippen molar-refractivity contribution in [2.24, 2.45) is 4.99 Å². The molecule has 1 atom stereocenters. The van der Waals surface area contributed by atoms with Gasteiger partial charge in [-0.2, -0.15) is 0 Å². The van der Waals surface area contributed by atoms with Gasteiger partial charge in [-0.15, -0.1) is 24.0 Å². The van der Waals surface area contributed by atoms with E-state index in [0.717, 1.165) is 23.4 Å². The summed E-state index contributed by atoms with van der Waals surface area (Å²) in [6, 6.07) is 17.8. The van der Waals surface area contributed by atoms with Crippen LogP contribution in [0.5, 0.6) is 5.75 Å². The van der Waals surface area contributed by atoms with Crippen LogP contribution in [0.4, 0.5) is 0 Å². The summed E-state index contributed by atoms with van der Waals surface area (Å²) in [6.45, 7) is 6.92. The standard InChI is InChI=1S/C22H31N3O3.HI/c1-3-23-22(24-14-19-12-8-9-13-21(19)28-4-2)25-15-20(26)17-27-16-18-10-6-5-7-11-18;/h5-13,20,26H,3-4,14-17H2,1-2H3,(H2,23,24,25);1H. The number of rotatable bonds is 11. The monoisotopic (exact) mass is 513 g/mol. The molecule has 0 amide bonds. The van der Waals surface area contributed by atoms with E-state index in [0.29, 0.717) is 32.3 Å². The van der Waals surface area contributed by atoms with Crippen LogP contribution in [-0.2, 0) is 17.9 Å². The molecule has 29 heavy (non-hydrogen) atoms. The molecule has 2 aromatic carbocycles. The zero-order chi connectivity index (χ0) is 20.0. The van der Waals surface area contributed by atoms with Crippen LogP contribution in [0.3, 0.4) is 0 Å². The minimum Gasteiger partial charge on any atom is -0.494 e. The lowest BCUT2D eigenvalue weighted by Crippen LogP contribution is -2.42. The van der Waals surface area contributed by atoms with Gasteiger partial charge in [-0.05, 0) is 25.5 Å². The second kappa shape index (κ2) is 15.1. The van der Waals surface area contributed by atoms with E-state index in [1.807, 2.05) is 68.4 Å². The minimum atomic E-state index is -0.622. The fourth-order valence-electron chi connectivity index (χ4n) is 2.60. The molecule has 0 saturated heterocycles. The minimum absolute atomic E-state index is 0. The van der Waals surface area contributed by atoms with Gasteiger partial charge in [0.2, 0.25) is 0 Å². The van der Waals surface area contributed by atoms with Gasteiger partial charge in [0, 0.05) is 18.7 Å². The first kappa shape index (κ1) is 25.2. The summed E-state index contributed by atoms with van der Waals surface area (Å²) < 4.78 is 11.2. The zero-order valence-corrected chi connectivity index (χ0v) is 19.5. The molecule has 0 aromatic heterocycles. The predicted molar refractivity (Wildman–Crippen MR) is 128 cm³/mol. The van der Waals surface area contributed by atoms with Gasteiger partial charge in [-0.1, -0.05) is 48.5 Å². The van der Waals surface area contributed by atoms with Crippen LogP contribution in [0.25, 0.3) is 0 Å². The van der Waals surface area contributed by atoms with E-state index < -0.39 is 6.10 Å². The molecule has 0 radical (unpaired) electrons. The fraction of sp³-hybridized carbons (Fsp3) is 0.409. The molecule has 7 heteroatoms. The first-order valence-electron chi connectivity index (χ1n) is 9.75. The number of aliphatic imine (C=N–C) groups is 1. The molecule has 2 rings (SSSR count). The van der Waals surface area contributed by atoms with Gasteiger partial charge >= 0.3 is 0 Å². The molecular weight excluding hydrogens is 481 g/mol. The van der Waals surface area contributed by atoms with Crippen LogP contribution >= 0.6 is 24.0 Å². The Morgan fingerprint density at radius 3 is 2.48 bits per heavy atom. The SMILES string of the molecule is CCNC(=NCc1ccccc1OCC)NCC(O)COCc1ccccc1.I. The smallest absolute Gasteiger partial charge is 0.191 e. The summed E-state index contributed by atoms with van der Waals surface area (Å²) in [5, 5.41) is 16.5. The number of guanidine groups is 1. The molecule has 6 nitrogen and oxygen atoms in total. The van der Waals surface area contributed by atoms with Crippen molar-refractivity contribution < 1.29 is 14.6 Å². The van der Waals surface area contributed by atoms with Gasteiger partial charge in [-0.3, -0.25) is 0 Å². The Bertz CT molecular complexity index is 713. The van der Waals surface area contributed by atoms with E-state index in [4.69, 9.17) is 9.47 Å². The number of para-hydroxylation sites is 1. The van der Waals surface area contributed by atoms with Crippen LogP contribution in [0.15, 0.2) is 59.6 Å². The van der Waals surface area contributed by atoms with Gasteiger partial charge in [-0.25, -0.2) is 4.99 Å². The average molecular weight is 513 g/mol. The van der Waals surface area contributed by atoms with Crippen LogP contribution in [0.2, 0.25) is 0 Å². The van der Waals surface area contributed by atoms with Crippen LogP contribution in [-0.4, -0.2) is 43.5 Å². The normalized spacial score (nSPS) is 12.0. The summed E-state index contributed by atoms with van der Waals surface area (Å²) in [5.74, 6) is 1.50. The van der Waals surface area contributed by atoms with E-state index >= 15 is 0 Å². The predicted octanol–water partition coefficient (Wildman–Crippen LogP) is 3.34. The molecule has 0 spiro atoms. The maximum absolute atomic E-state index is 10.2. The number of hydrogen-bond acceptors (Lipinski definition) is 4. The number of nitrogens with one attached hydrogen (secondary N) is 2. The lowest BCUT2D eigenvalue weighted by atomic mass is 10.2. The molecule has 0 aliphatic heterocycles. The Hall–Kier alpha value is -1.84. The molecule has 0 aliphatic rings. The highest BCUT2D eigenvalue weighted by Crippen LogP contribution is 2.18. The summed E-state index contributed by atoms with van der Waals surface area (Å²) in [5.41, 5.74) is 2.11. The maximum atomic E-state index is 10.2. The number of benzene rings is 2. The molecule has 160 valence electrons. The van der Waals surface area contributed by atoms with Crippen molar-refractivity contribution in [3.63, 3.8) is 0 Å².